The minimum atomic E-state index is -0.221. The van der Waals surface area contributed by atoms with Crippen LogP contribution in [0.25, 0.3) is 77.9 Å². The molecule has 10 aromatic carbocycles. The van der Waals surface area contributed by atoms with Crippen LogP contribution in [0.3, 0.4) is 0 Å². The van der Waals surface area contributed by atoms with E-state index in [0.717, 1.165) is 17.1 Å². The Morgan fingerprint density at radius 3 is 1.23 bits per heavy atom. The van der Waals surface area contributed by atoms with Crippen molar-refractivity contribution in [2.75, 3.05) is 4.90 Å². The van der Waals surface area contributed by atoms with Gasteiger partial charge in [-0.25, -0.2) is 0 Å². The zero-order valence-electron chi connectivity index (χ0n) is 36.1. The Balaban J connectivity index is 1.10. The van der Waals surface area contributed by atoms with Crippen molar-refractivity contribution in [2.24, 2.45) is 0 Å². The zero-order valence-corrected chi connectivity index (χ0v) is 36.1. The molecule has 1 heteroatoms. The van der Waals surface area contributed by atoms with Gasteiger partial charge in [0.15, 0.2) is 0 Å². The van der Waals surface area contributed by atoms with Crippen molar-refractivity contribution in [1.82, 2.24) is 0 Å². The SMILES string of the molecule is CC1(C)c2cc(-c3ccccc3)ccc2-c2ccc(N(c3ccc(-c4ccc(-c5ccccc5)cc4)cc3)c3cccc(-c4ccccc4)c3-c3ccccc3-c3ccccc3)cc21. The summed E-state index contributed by atoms with van der Waals surface area (Å²) < 4.78 is 0. The molecular formula is C63H47N. The van der Waals surface area contributed by atoms with Gasteiger partial charge in [0.05, 0.1) is 5.69 Å². The molecule has 0 amide bonds. The normalized spacial score (nSPS) is 12.3. The minimum absolute atomic E-state index is 0.221. The molecule has 0 spiro atoms. The number of nitrogens with zero attached hydrogens (tertiary/aromatic N) is 1. The molecule has 0 radical (unpaired) electrons. The van der Waals surface area contributed by atoms with Crippen molar-refractivity contribution in [3.63, 3.8) is 0 Å². The van der Waals surface area contributed by atoms with E-state index in [9.17, 15) is 0 Å². The number of benzene rings is 10. The maximum absolute atomic E-state index is 2.49. The summed E-state index contributed by atoms with van der Waals surface area (Å²) in [7, 11) is 0. The Bertz CT molecular complexity index is 3240. The third kappa shape index (κ3) is 7.02. The molecule has 0 aliphatic heterocycles. The van der Waals surface area contributed by atoms with Crippen molar-refractivity contribution in [3.8, 4) is 77.9 Å². The highest BCUT2D eigenvalue weighted by atomic mass is 15.1. The topological polar surface area (TPSA) is 3.24 Å². The maximum Gasteiger partial charge on any atom is 0.0546 e. The van der Waals surface area contributed by atoms with Crippen LogP contribution in [-0.2, 0) is 5.41 Å². The highest BCUT2D eigenvalue weighted by Crippen LogP contribution is 2.53. The smallest absolute Gasteiger partial charge is 0.0546 e. The van der Waals surface area contributed by atoms with Gasteiger partial charge in [0.1, 0.15) is 0 Å². The van der Waals surface area contributed by atoms with Gasteiger partial charge in [0, 0.05) is 22.4 Å². The number of rotatable bonds is 9. The van der Waals surface area contributed by atoms with Gasteiger partial charge in [-0.3, -0.25) is 0 Å². The zero-order chi connectivity index (χ0) is 43.0. The van der Waals surface area contributed by atoms with Gasteiger partial charge in [-0.15, -0.1) is 0 Å². The summed E-state index contributed by atoms with van der Waals surface area (Å²) in [5, 5.41) is 0. The Kier molecular flexibility index (Phi) is 9.94. The minimum Gasteiger partial charge on any atom is -0.310 e. The lowest BCUT2D eigenvalue weighted by Gasteiger charge is -2.31. The average Bonchev–Trinajstić information content (AvgIpc) is 3.59. The molecular weight excluding hydrogens is 771 g/mol. The number of fused-ring (bicyclic) bond motifs is 3. The first-order chi connectivity index (χ1) is 31.5. The molecule has 11 rings (SSSR count). The molecule has 0 N–H and O–H groups in total. The fraction of sp³-hybridized carbons (Fsp3) is 0.0476. The average molecular weight is 818 g/mol. The number of hydrogen-bond donors (Lipinski definition) is 0. The van der Waals surface area contributed by atoms with Gasteiger partial charge in [-0.1, -0.05) is 226 Å². The molecule has 1 nitrogen and oxygen atoms in total. The molecule has 64 heavy (non-hydrogen) atoms. The molecule has 0 bridgehead atoms. The highest BCUT2D eigenvalue weighted by molar-refractivity contribution is 6.01. The molecule has 0 saturated carbocycles. The van der Waals surface area contributed by atoms with Gasteiger partial charge in [0.25, 0.3) is 0 Å². The van der Waals surface area contributed by atoms with Crippen molar-refractivity contribution in [1.29, 1.82) is 0 Å². The lowest BCUT2D eigenvalue weighted by molar-refractivity contribution is 0.660. The Hall–Kier alpha value is -8.00. The molecule has 0 atom stereocenters. The summed E-state index contributed by atoms with van der Waals surface area (Å²) in [6, 6.07) is 90.9. The van der Waals surface area contributed by atoms with Crippen molar-refractivity contribution in [3.05, 3.63) is 260 Å². The van der Waals surface area contributed by atoms with E-state index in [0.29, 0.717) is 0 Å². The van der Waals surface area contributed by atoms with Crippen LogP contribution >= 0.6 is 0 Å². The van der Waals surface area contributed by atoms with E-state index >= 15 is 0 Å². The molecule has 0 aromatic heterocycles. The monoisotopic (exact) mass is 817 g/mol. The number of hydrogen-bond acceptors (Lipinski definition) is 1. The molecule has 10 aromatic rings. The predicted molar refractivity (Wildman–Crippen MR) is 271 cm³/mol. The van der Waals surface area contributed by atoms with Crippen LogP contribution in [0.5, 0.6) is 0 Å². The van der Waals surface area contributed by atoms with E-state index in [1.807, 2.05) is 0 Å². The maximum atomic E-state index is 2.49. The van der Waals surface area contributed by atoms with Crippen LogP contribution in [0.4, 0.5) is 17.1 Å². The van der Waals surface area contributed by atoms with Crippen LogP contribution in [0.15, 0.2) is 249 Å². The van der Waals surface area contributed by atoms with Crippen molar-refractivity contribution < 1.29 is 0 Å². The first-order valence-corrected chi connectivity index (χ1v) is 22.3. The second-order valence-corrected chi connectivity index (χ2v) is 17.3. The van der Waals surface area contributed by atoms with Gasteiger partial charge in [-0.05, 0) is 120 Å². The fourth-order valence-corrected chi connectivity index (χ4v) is 9.83. The first-order valence-electron chi connectivity index (χ1n) is 22.3. The Morgan fingerprint density at radius 1 is 0.266 bits per heavy atom. The fourth-order valence-electron chi connectivity index (χ4n) is 9.83. The standard InChI is InChI=1S/C63H47N/c1-63(2)59-42-51(45-20-9-4-10-21-45)36-40-56(59)57-41-39-53(43-60(57)63)64(52-37-34-48(35-38-52)47-32-30-46(31-33-47)44-18-7-3-8-19-44)61-29-17-28-55(50-24-13-6-14-25-50)62(61)58-27-16-15-26-54(58)49-22-11-5-12-23-49/h3-43H,1-2H3. The molecule has 0 heterocycles. The third-order valence-electron chi connectivity index (χ3n) is 13.1. The predicted octanol–water partition coefficient (Wildman–Crippen LogP) is 17.5. The summed E-state index contributed by atoms with van der Waals surface area (Å²) >= 11 is 0. The summed E-state index contributed by atoms with van der Waals surface area (Å²) in [6.45, 7) is 4.77. The van der Waals surface area contributed by atoms with Crippen LogP contribution < -0.4 is 4.90 Å². The lowest BCUT2D eigenvalue weighted by Crippen LogP contribution is -2.17. The molecule has 0 unspecified atom stereocenters. The van der Waals surface area contributed by atoms with Crippen molar-refractivity contribution >= 4 is 17.1 Å². The Labute approximate surface area is 377 Å². The molecule has 1 aliphatic rings. The lowest BCUT2D eigenvalue weighted by atomic mass is 9.81. The van der Waals surface area contributed by atoms with Gasteiger partial charge in [-0.2, -0.15) is 0 Å². The Morgan fingerprint density at radius 2 is 0.656 bits per heavy atom. The molecule has 304 valence electrons. The van der Waals surface area contributed by atoms with E-state index < -0.39 is 0 Å². The third-order valence-corrected chi connectivity index (χ3v) is 13.1. The van der Waals surface area contributed by atoms with E-state index in [1.54, 1.807) is 0 Å². The van der Waals surface area contributed by atoms with Crippen LogP contribution in [0.1, 0.15) is 25.0 Å². The van der Waals surface area contributed by atoms with E-state index in [2.05, 4.69) is 267 Å². The quantitative estimate of drug-likeness (QED) is 0.140. The second kappa shape index (κ2) is 16.4. The van der Waals surface area contributed by atoms with Crippen LogP contribution in [0.2, 0.25) is 0 Å². The van der Waals surface area contributed by atoms with Crippen LogP contribution in [-0.4, -0.2) is 0 Å². The van der Waals surface area contributed by atoms with Gasteiger partial charge >= 0.3 is 0 Å². The highest BCUT2D eigenvalue weighted by Gasteiger charge is 2.36. The number of anilines is 3. The van der Waals surface area contributed by atoms with Gasteiger partial charge in [0.2, 0.25) is 0 Å². The summed E-state index contributed by atoms with van der Waals surface area (Å²) in [6.07, 6.45) is 0. The molecule has 1 aliphatic carbocycles. The van der Waals surface area contributed by atoms with Crippen molar-refractivity contribution in [2.45, 2.75) is 19.3 Å². The second-order valence-electron chi connectivity index (χ2n) is 17.3. The van der Waals surface area contributed by atoms with E-state index in [1.165, 1.54) is 89.0 Å². The van der Waals surface area contributed by atoms with E-state index in [-0.39, 0.29) is 5.41 Å². The molecule has 0 saturated heterocycles. The first kappa shape index (κ1) is 38.9. The summed E-state index contributed by atoms with van der Waals surface area (Å²) in [5.74, 6) is 0. The van der Waals surface area contributed by atoms with E-state index in [4.69, 9.17) is 0 Å². The summed E-state index contributed by atoms with van der Waals surface area (Å²) in [4.78, 5) is 2.49. The van der Waals surface area contributed by atoms with Gasteiger partial charge < -0.3 is 4.90 Å². The molecule has 0 fully saturated rings. The summed E-state index contributed by atoms with van der Waals surface area (Å²) in [5.41, 5.74) is 22.8. The van der Waals surface area contributed by atoms with Crippen LogP contribution in [0, 0.1) is 0 Å². The largest absolute Gasteiger partial charge is 0.310 e.